The van der Waals surface area contributed by atoms with Crippen molar-refractivity contribution in [3.8, 4) is 0 Å². The maximum atomic E-state index is 13.0. The zero-order valence-corrected chi connectivity index (χ0v) is 15.6. The molecule has 0 spiro atoms. The predicted molar refractivity (Wildman–Crippen MR) is 93.7 cm³/mol. The molecule has 2 saturated carbocycles. The molecule has 24 heavy (non-hydrogen) atoms. The van der Waals surface area contributed by atoms with Gasteiger partial charge in [-0.15, -0.1) is 0 Å². The van der Waals surface area contributed by atoms with E-state index in [4.69, 9.17) is 15.2 Å². The summed E-state index contributed by atoms with van der Waals surface area (Å²) in [6.45, 7) is 8.32. The first kappa shape index (κ1) is 18.2. The van der Waals surface area contributed by atoms with Crippen LogP contribution in [0.15, 0.2) is 0 Å². The van der Waals surface area contributed by atoms with Crippen LogP contribution in [-0.2, 0) is 14.3 Å². The third-order valence-electron chi connectivity index (χ3n) is 6.63. The van der Waals surface area contributed by atoms with E-state index >= 15 is 0 Å². The van der Waals surface area contributed by atoms with Crippen molar-refractivity contribution in [2.45, 2.75) is 89.6 Å². The van der Waals surface area contributed by atoms with Crippen LogP contribution in [0, 0.1) is 5.41 Å². The SMILES string of the molecule is CCOC1CC(N)(C(=O)N2CCC(OC3CCCC3)CC2)C1(C)C. The monoisotopic (exact) mass is 338 g/mol. The number of likely N-dealkylation sites (tertiary alicyclic amines) is 1. The molecule has 5 nitrogen and oxygen atoms in total. The van der Waals surface area contributed by atoms with E-state index in [-0.39, 0.29) is 17.4 Å². The molecular weight excluding hydrogens is 304 g/mol. The Morgan fingerprint density at radius 1 is 1.12 bits per heavy atom. The Labute approximate surface area is 146 Å². The molecule has 2 atom stereocenters. The first-order valence-electron chi connectivity index (χ1n) is 9.74. The highest BCUT2D eigenvalue weighted by Gasteiger charge is 2.63. The first-order valence-corrected chi connectivity index (χ1v) is 9.74. The number of hydrogen-bond donors (Lipinski definition) is 1. The van der Waals surface area contributed by atoms with Crippen molar-refractivity contribution in [1.82, 2.24) is 4.90 Å². The molecule has 1 aliphatic heterocycles. The van der Waals surface area contributed by atoms with Crippen LogP contribution < -0.4 is 5.73 Å². The minimum absolute atomic E-state index is 0.0830. The van der Waals surface area contributed by atoms with Crippen LogP contribution in [0.1, 0.15) is 65.7 Å². The number of ether oxygens (including phenoxy) is 2. The van der Waals surface area contributed by atoms with Gasteiger partial charge < -0.3 is 20.1 Å². The van der Waals surface area contributed by atoms with Crippen molar-refractivity contribution in [1.29, 1.82) is 0 Å². The Kier molecular flexibility index (Phi) is 5.24. The fraction of sp³-hybridized carbons (Fsp3) is 0.947. The van der Waals surface area contributed by atoms with E-state index in [9.17, 15) is 4.79 Å². The standard InChI is InChI=1S/C19H34N2O3/c1-4-23-16-13-19(20,18(16,2)3)17(22)21-11-9-15(10-12-21)24-14-7-5-6-8-14/h14-16H,4-13,20H2,1-3H3. The lowest BCUT2D eigenvalue weighted by atomic mass is 9.54. The Morgan fingerprint density at radius 3 is 2.25 bits per heavy atom. The molecule has 0 aromatic rings. The number of hydrogen-bond acceptors (Lipinski definition) is 4. The van der Waals surface area contributed by atoms with E-state index in [0.29, 0.717) is 25.2 Å². The fourth-order valence-corrected chi connectivity index (χ4v) is 4.57. The van der Waals surface area contributed by atoms with Gasteiger partial charge in [0, 0.05) is 31.5 Å². The summed E-state index contributed by atoms with van der Waals surface area (Å²) < 4.78 is 12.0. The van der Waals surface area contributed by atoms with Crippen LogP contribution in [0.5, 0.6) is 0 Å². The molecule has 138 valence electrons. The smallest absolute Gasteiger partial charge is 0.243 e. The average molecular weight is 338 g/mol. The lowest BCUT2D eigenvalue weighted by Crippen LogP contribution is -2.76. The van der Waals surface area contributed by atoms with Gasteiger partial charge in [-0.2, -0.15) is 0 Å². The third-order valence-corrected chi connectivity index (χ3v) is 6.63. The molecule has 3 rings (SSSR count). The van der Waals surface area contributed by atoms with Crippen molar-refractivity contribution >= 4 is 5.91 Å². The van der Waals surface area contributed by atoms with Crippen LogP contribution in [0.3, 0.4) is 0 Å². The second kappa shape index (κ2) is 6.93. The predicted octanol–water partition coefficient (Wildman–Crippen LogP) is 2.47. The number of piperidine rings is 1. The zero-order chi connectivity index (χ0) is 17.4. The summed E-state index contributed by atoms with van der Waals surface area (Å²) in [5.41, 5.74) is 5.45. The first-order chi connectivity index (χ1) is 11.4. The number of rotatable bonds is 5. The van der Waals surface area contributed by atoms with Gasteiger partial charge in [0.05, 0.1) is 18.3 Å². The largest absolute Gasteiger partial charge is 0.378 e. The van der Waals surface area contributed by atoms with Crippen LogP contribution in [0.25, 0.3) is 0 Å². The molecule has 2 N–H and O–H groups in total. The van der Waals surface area contributed by atoms with Crippen molar-refractivity contribution in [3.05, 3.63) is 0 Å². The van der Waals surface area contributed by atoms with Gasteiger partial charge >= 0.3 is 0 Å². The number of nitrogens with zero attached hydrogens (tertiary/aromatic N) is 1. The molecule has 0 aromatic heterocycles. The van der Waals surface area contributed by atoms with E-state index < -0.39 is 5.54 Å². The highest BCUT2D eigenvalue weighted by Crippen LogP contribution is 2.50. The van der Waals surface area contributed by atoms with Gasteiger partial charge in [0.1, 0.15) is 5.54 Å². The summed E-state index contributed by atoms with van der Waals surface area (Å²) in [5, 5.41) is 0. The van der Waals surface area contributed by atoms with Gasteiger partial charge in [-0.1, -0.05) is 26.7 Å². The maximum Gasteiger partial charge on any atom is 0.243 e. The molecule has 3 fully saturated rings. The van der Waals surface area contributed by atoms with Crippen LogP contribution in [0.4, 0.5) is 0 Å². The Morgan fingerprint density at radius 2 is 1.71 bits per heavy atom. The van der Waals surface area contributed by atoms with E-state index in [2.05, 4.69) is 13.8 Å². The highest BCUT2D eigenvalue weighted by molar-refractivity contribution is 5.89. The van der Waals surface area contributed by atoms with Crippen molar-refractivity contribution in [2.24, 2.45) is 11.1 Å². The molecule has 2 aliphatic carbocycles. The highest BCUT2D eigenvalue weighted by atomic mass is 16.5. The third kappa shape index (κ3) is 3.11. The molecule has 2 unspecified atom stereocenters. The van der Waals surface area contributed by atoms with Crippen LogP contribution in [-0.4, -0.2) is 54.4 Å². The topological polar surface area (TPSA) is 64.8 Å². The number of carbonyl (C=O) groups excluding carboxylic acids is 1. The Balaban J connectivity index is 1.51. The van der Waals surface area contributed by atoms with Crippen LogP contribution >= 0.6 is 0 Å². The van der Waals surface area contributed by atoms with E-state index in [1.54, 1.807) is 0 Å². The van der Waals surface area contributed by atoms with Gasteiger partial charge in [0.15, 0.2) is 0 Å². The van der Waals surface area contributed by atoms with Crippen molar-refractivity contribution in [3.63, 3.8) is 0 Å². The summed E-state index contributed by atoms with van der Waals surface area (Å²) >= 11 is 0. The second-order valence-electron chi connectivity index (χ2n) is 8.38. The lowest BCUT2D eigenvalue weighted by molar-refractivity contribution is -0.181. The minimum atomic E-state index is -0.786. The molecule has 0 aromatic carbocycles. The van der Waals surface area contributed by atoms with Crippen molar-refractivity contribution < 1.29 is 14.3 Å². The van der Waals surface area contributed by atoms with Crippen LogP contribution in [0.2, 0.25) is 0 Å². The number of nitrogens with two attached hydrogens (primary N) is 1. The molecule has 0 bridgehead atoms. The molecule has 5 heteroatoms. The summed E-state index contributed by atoms with van der Waals surface area (Å²) in [5.74, 6) is 0.0998. The molecular formula is C19H34N2O3. The van der Waals surface area contributed by atoms with E-state index in [1.807, 2.05) is 11.8 Å². The summed E-state index contributed by atoms with van der Waals surface area (Å²) in [7, 11) is 0. The van der Waals surface area contributed by atoms with Gasteiger partial charge in [0.25, 0.3) is 0 Å². The normalized spacial score (nSPS) is 34.3. The van der Waals surface area contributed by atoms with Gasteiger partial charge in [-0.25, -0.2) is 0 Å². The second-order valence-corrected chi connectivity index (χ2v) is 8.38. The Bertz CT molecular complexity index is 454. The van der Waals surface area contributed by atoms with Gasteiger partial charge in [0.2, 0.25) is 5.91 Å². The van der Waals surface area contributed by atoms with Gasteiger partial charge in [-0.05, 0) is 32.6 Å². The van der Waals surface area contributed by atoms with Gasteiger partial charge in [-0.3, -0.25) is 4.79 Å². The number of carbonyl (C=O) groups is 1. The molecule has 1 amide bonds. The average Bonchev–Trinajstić information content (AvgIpc) is 3.07. The summed E-state index contributed by atoms with van der Waals surface area (Å²) in [6.07, 6.45) is 8.37. The Hall–Kier alpha value is -0.650. The van der Waals surface area contributed by atoms with Crippen molar-refractivity contribution in [2.75, 3.05) is 19.7 Å². The van der Waals surface area contributed by atoms with E-state index in [0.717, 1.165) is 25.9 Å². The summed E-state index contributed by atoms with van der Waals surface area (Å²) in [4.78, 5) is 15.0. The van der Waals surface area contributed by atoms with E-state index in [1.165, 1.54) is 25.7 Å². The molecule has 0 radical (unpaired) electrons. The lowest BCUT2D eigenvalue weighted by Gasteiger charge is -2.59. The summed E-state index contributed by atoms with van der Waals surface area (Å²) in [6, 6.07) is 0. The zero-order valence-electron chi connectivity index (χ0n) is 15.6. The molecule has 3 aliphatic rings. The minimum Gasteiger partial charge on any atom is -0.378 e. The molecule has 1 saturated heterocycles. The number of amides is 1. The fourth-order valence-electron chi connectivity index (χ4n) is 4.57. The molecule has 1 heterocycles. The quantitative estimate of drug-likeness (QED) is 0.836. The maximum absolute atomic E-state index is 13.0.